The second kappa shape index (κ2) is 2.17. The Morgan fingerprint density at radius 2 is 2.11 bits per heavy atom. The second-order valence-corrected chi connectivity index (χ2v) is 3.55. The lowest BCUT2D eigenvalue weighted by Gasteiger charge is -2.18. The van der Waals surface area contributed by atoms with E-state index in [0.29, 0.717) is 5.41 Å². The summed E-state index contributed by atoms with van der Waals surface area (Å²) in [6.45, 7) is 6.84. The van der Waals surface area contributed by atoms with Crippen molar-refractivity contribution in [1.29, 1.82) is 0 Å². The summed E-state index contributed by atoms with van der Waals surface area (Å²) in [6.07, 6.45) is 6.40. The summed E-state index contributed by atoms with van der Waals surface area (Å²) >= 11 is 0. The van der Waals surface area contributed by atoms with Crippen molar-refractivity contribution >= 4 is 0 Å². The third kappa shape index (κ3) is 1.17. The molecule has 0 atom stereocenters. The number of hydrogen-bond donors (Lipinski definition) is 0. The largest absolute Gasteiger partial charge is 0.0879 e. The minimum atomic E-state index is 0.523. The van der Waals surface area contributed by atoms with Gasteiger partial charge < -0.3 is 0 Å². The Labute approximate surface area is 58.0 Å². The van der Waals surface area contributed by atoms with Gasteiger partial charge in [-0.3, -0.25) is 0 Å². The Morgan fingerprint density at radius 1 is 1.44 bits per heavy atom. The lowest BCUT2D eigenvalue weighted by Crippen LogP contribution is -2.06. The third-order valence-corrected chi connectivity index (χ3v) is 2.47. The normalized spacial score (nSPS) is 29.4. The summed E-state index contributed by atoms with van der Waals surface area (Å²) in [5, 5.41) is 0. The molecule has 0 saturated heterocycles. The van der Waals surface area contributed by atoms with E-state index in [0.717, 1.165) is 0 Å². The number of allylic oxidation sites excluding steroid dienone is 2. The molecule has 9 heavy (non-hydrogen) atoms. The van der Waals surface area contributed by atoms with Gasteiger partial charge in [0.15, 0.2) is 0 Å². The molecule has 1 aliphatic carbocycles. The zero-order chi connectivity index (χ0) is 6.91. The molecule has 52 valence electrons. The van der Waals surface area contributed by atoms with Crippen molar-refractivity contribution in [1.82, 2.24) is 0 Å². The fraction of sp³-hybridized carbons (Fsp3) is 0.778. The van der Waals surface area contributed by atoms with Crippen molar-refractivity contribution in [2.45, 2.75) is 40.0 Å². The summed E-state index contributed by atoms with van der Waals surface area (Å²) in [4.78, 5) is 0. The van der Waals surface area contributed by atoms with Crippen LogP contribution < -0.4 is 0 Å². The Balaban J connectivity index is 2.75. The molecule has 0 unspecified atom stereocenters. The van der Waals surface area contributed by atoms with Crippen LogP contribution in [0.1, 0.15) is 40.0 Å². The van der Waals surface area contributed by atoms with Crippen molar-refractivity contribution in [3.05, 3.63) is 11.6 Å². The molecule has 1 aliphatic rings. The molecule has 0 N–H and O–H groups in total. The smallest absolute Gasteiger partial charge is 0.0145 e. The Hall–Kier alpha value is -0.260. The highest BCUT2D eigenvalue weighted by molar-refractivity contribution is 5.15. The molecule has 0 amide bonds. The molecule has 0 heterocycles. The third-order valence-electron chi connectivity index (χ3n) is 2.47. The maximum Gasteiger partial charge on any atom is -0.0145 e. The molecule has 1 saturated carbocycles. The van der Waals surface area contributed by atoms with Crippen molar-refractivity contribution in [3.8, 4) is 0 Å². The van der Waals surface area contributed by atoms with E-state index >= 15 is 0 Å². The van der Waals surface area contributed by atoms with E-state index in [9.17, 15) is 0 Å². The van der Waals surface area contributed by atoms with Gasteiger partial charge in [0, 0.05) is 0 Å². The van der Waals surface area contributed by atoms with Crippen molar-refractivity contribution < 1.29 is 0 Å². The van der Waals surface area contributed by atoms with Gasteiger partial charge in [0.25, 0.3) is 0 Å². The van der Waals surface area contributed by atoms with E-state index < -0.39 is 0 Å². The average Bonchev–Trinajstić information content (AvgIpc) is 2.08. The highest BCUT2D eigenvalue weighted by Gasteiger charge is 2.27. The van der Waals surface area contributed by atoms with E-state index in [4.69, 9.17) is 0 Å². The molecule has 0 spiro atoms. The summed E-state index contributed by atoms with van der Waals surface area (Å²) in [6, 6.07) is 0. The molecule has 0 heteroatoms. The molecule has 0 aromatic heterocycles. The minimum absolute atomic E-state index is 0.523. The van der Waals surface area contributed by atoms with E-state index in [-0.39, 0.29) is 0 Å². The SMILES string of the molecule is C/C=C1\CCCC1(C)C. The lowest BCUT2D eigenvalue weighted by molar-refractivity contribution is 0.461. The van der Waals surface area contributed by atoms with E-state index in [2.05, 4.69) is 26.8 Å². The van der Waals surface area contributed by atoms with Crippen LogP contribution in [0.2, 0.25) is 0 Å². The molecule has 0 bridgehead atoms. The van der Waals surface area contributed by atoms with Gasteiger partial charge in [-0.1, -0.05) is 25.5 Å². The first-order valence-corrected chi connectivity index (χ1v) is 3.82. The van der Waals surface area contributed by atoms with Crippen LogP contribution in [0.3, 0.4) is 0 Å². The van der Waals surface area contributed by atoms with Crippen molar-refractivity contribution in [2.75, 3.05) is 0 Å². The van der Waals surface area contributed by atoms with Crippen LogP contribution in [0, 0.1) is 5.41 Å². The molecule has 0 radical (unpaired) electrons. The van der Waals surface area contributed by atoms with E-state index in [1.807, 2.05) is 0 Å². The van der Waals surface area contributed by atoms with Crippen LogP contribution in [0.5, 0.6) is 0 Å². The van der Waals surface area contributed by atoms with Crippen LogP contribution in [0.4, 0.5) is 0 Å². The zero-order valence-corrected chi connectivity index (χ0v) is 6.70. The van der Waals surface area contributed by atoms with Gasteiger partial charge in [-0.25, -0.2) is 0 Å². The summed E-state index contributed by atoms with van der Waals surface area (Å²) in [7, 11) is 0. The maximum atomic E-state index is 2.34. The first kappa shape index (κ1) is 6.85. The van der Waals surface area contributed by atoms with Gasteiger partial charge in [-0.2, -0.15) is 0 Å². The molecule has 0 aliphatic heterocycles. The topological polar surface area (TPSA) is 0 Å². The second-order valence-electron chi connectivity index (χ2n) is 3.55. The minimum Gasteiger partial charge on any atom is -0.0879 e. The highest BCUT2D eigenvalue weighted by Crippen LogP contribution is 2.41. The fourth-order valence-electron chi connectivity index (χ4n) is 1.75. The lowest BCUT2D eigenvalue weighted by atomic mass is 9.87. The molecule has 0 aromatic carbocycles. The predicted octanol–water partition coefficient (Wildman–Crippen LogP) is 3.14. The van der Waals surface area contributed by atoms with Gasteiger partial charge in [0.05, 0.1) is 0 Å². The van der Waals surface area contributed by atoms with Gasteiger partial charge in [0.1, 0.15) is 0 Å². The molecular formula is C9H16. The van der Waals surface area contributed by atoms with Crippen molar-refractivity contribution in [3.63, 3.8) is 0 Å². The monoisotopic (exact) mass is 124 g/mol. The summed E-state index contributed by atoms with van der Waals surface area (Å²) in [5.74, 6) is 0. The Kier molecular flexibility index (Phi) is 1.65. The average molecular weight is 124 g/mol. The highest BCUT2D eigenvalue weighted by atomic mass is 14.3. The number of hydrogen-bond acceptors (Lipinski definition) is 0. The Morgan fingerprint density at radius 3 is 2.33 bits per heavy atom. The first-order chi connectivity index (χ1) is 4.17. The van der Waals surface area contributed by atoms with Gasteiger partial charge in [-0.05, 0) is 31.6 Å². The van der Waals surface area contributed by atoms with Crippen LogP contribution in [0.25, 0.3) is 0 Å². The van der Waals surface area contributed by atoms with E-state index in [1.165, 1.54) is 19.3 Å². The molecular weight excluding hydrogens is 108 g/mol. The standard InChI is InChI=1S/C9H16/c1-4-8-6-5-7-9(8,2)3/h4H,5-7H2,1-3H3/b8-4+. The molecule has 1 fully saturated rings. The van der Waals surface area contributed by atoms with Gasteiger partial charge >= 0.3 is 0 Å². The fourth-order valence-corrected chi connectivity index (χ4v) is 1.75. The molecule has 0 aromatic rings. The van der Waals surface area contributed by atoms with Gasteiger partial charge in [0.2, 0.25) is 0 Å². The molecule has 0 nitrogen and oxygen atoms in total. The van der Waals surface area contributed by atoms with Crippen LogP contribution in [0.15, 0.2) is 11.6 Å². The van der Waals surface area contributed by atoms with Gasteiger partial charge in [-0.15, -0.1) is 0 Å². The summed E-state index contributed by atoms with van der Waals surface area (Å²) < 4.78 is 0. The van der Waals surface area contributed by atoms with Crippen LogP contribution >= 0.6 is 0 Å². The summed E-state index contributed by atoms with van der Waals surface area (Å²) in [5.41, 5.74) is 2.18. The van der Waals surface area contributed by atoms with Crippen LogP contribution in [-0.2, 0) is 0 Å². The zero-order valence-electron chi connectivity index (χ0n) is 6.70. The molecule has 1 rings (SSSR count). The van der Waals surface area contributed by atoms with E-state index in [1.54, 1.807) is 5.57 Å². The first-order valence-electron chi connectivity index (χ1n) is 3.82. The Bertz CT molecular complexity index is 129. The maximum absolute atomic E-state index is 2.34. The quantitative estimate of drug-likeness (QED) is 0.435. The predicted molar refractivity (Wildman–Crippen MR) is 41.4 cm³/mol. The number of rotatable bonds is 0. The van der Waals surface area contributed by atoms with Crippen molar-refractivity contribution in [2.24, 2.45) is 5.41 Å². The van der Waals surface area contributed by atoms with Crippen LogP contribution in [-0.4, -0.2) is 0 Å².